The molecule has 3 rings (SSSR count). The van der Waals surface area contributed by atoms with Crippen molar-refractivity contribution < 1.29 is 65.2 Å². The summed E-state index contributed by atoms with van der Waals surface area (Å²) in [4.78, 5) is 25.2. The van der Waals surface area contributed by atoms with Crippen molar-refractivity contribution in [3.8, 4) is 0 Å². The molecule has 0 unspecified atom stereocenters. The van der Waals surface area contributed by atoms with Crippen molar-refractivity contribution in [1.29, 1.82) is 0 Å². The maximum absolute atomic E-state index is 12.0. The molecule has 0 aromatic heterocycles. The van der Waals surface area contributed by atoms with Gasteiger partial charge in [0.25, 0.3) is 21.9 Å². The van der Waals surface area contributed by atoms with Gasteiger partial charge >= 0.3 is 0 Å². The van der Waals surface area contributed by atoms with Crippen LogP contribution in [0.1, 0.15) is 26.3 Å². The smallest absolute Gasteiger partial charge is 0.299 e. The van der Waals surface area contributed by atoms with Crippen LogP contribution >= 0.6 is 0 Å². The van der Waals surface area contributed by atoms with E-state index in [9.17, 15) is 18.0 Å². The SMILES string of the molecule is COCCOCCN.COCCOCCN1C(=O)c2ccccc2C1=O.COCCOCO.COCCOCOS(=O)(=O)c1ccc(C)cc1. The Hall–Kier alpha value is -2.91. The van der Waals surface area contributed by atoms with E-state index in [4.69, 9.17) is 43.4 Å². The van der Waals surface area contributed by atoms with Crippen LogP contribution in [0.5, 0.6) is 0 Å². The number of nitrogens with two attached hydrogens (primary N) is 1. The fourth-order valence-corrected chi connectivity index (χ4v) is 4.25. The highest BCUT2D eigenvalue weighted by molar-refractivity contribution is 7.86. The maximum Gasteiger partial charge on any atom is 0.299 e. The second-order valence-corrected chi connectivity index (χ2v) is 11.4. The molecule has 0 saturated carbocycles. The number of carbonyl (C=O) groups excluding carboxylic acids is 2. The third-order valence-corrected chi connectivity index (χ3v) is 7.27. The lowest BCUT2D eigenvalue weighted by Gasteiger charge is -2.13. The number of aryl methyl sites for hydroxylation is 1. The van der Waals surface area contributed by atoms with Gasteiger partial charge in [0, 0.05) is 35.0 Å². The van der Waals surface area contributed by atoms with E-state index in [-0.39, 0.29) is 36.8 Å². The number of nitrogens with zero attached hydrogens (tertiary/aromatic N) is 1. The predicted octanol–water partition coefficient (Wildman–Crippen LogP) is 1.47. The van der Waals surface area contributed by atoms with Gasteiger partial charge in [0.2, 0.25) is 0 Å². The third-order valence-electron chi connectivity index (χ3n) is 6.01. The normalized spacial score (nSPS) is 11.9. The number of amides is 2. The first-order chi connectivity index (χ1) is 24.1. The Morgan fingerprint density at radius 3 is 1.56 bits per heavy atom. The number of methoxy groups -OCH3 is 4. The fraction of sp³-hybridized carbons (Fsp3) is 0.576. The van der Waals surface area contributed by atoms with Gasteiger partial charge in [-0.15, -0.1) is 0 Å². The molecule has 0 saturated heterocycles. The molecule has 2 amide bonds. The van der Waals surface area contributed by atoms with Gasteiger partial charge in [0.15, 0.2) is 6.79 Å². The number of benzene rings is 2. The number of rotatable bonds is 22. The van der Waals surface area contributed by atoms with Crippen molar-refractivity contribution >= 4 is 21.9 Å². The van der Waals surface area contributed by atoms with E-state index in [2.05, 4.69) is 9.47 Å². The lowest BCUT2D eigenvalue weighted by molar-refractivity contribution is -0.0221. The van der Waals surface area contributed by atoms with Crippen molar-refractivity contribution in [1.82, 2.24) is 4.90 Å². The fourth-order valence-electron chi connectivity index (χ4n) is 3.45. The molecule has 16 nitrogen and oxygen atoms in total. The summed E-state index contributed by atoms with van der Waals surface area (Å²) < 4.78 is 66.6. The van der Waals surface area contributed by atoms with E-state index in [0.29, 0.717) is 83.7 Å². The molecular weight excluding hydrogens is 680 g/mol. The highest BCUT2D eigenvalue weighted by atomic mass is 32.2. The molecule has 0 fully saturated rings. The summed E-state index contributed by atoms with van der Waals surface area (Å²) in [5.74, 6) is -0.489. The van der Waals surface area contributed by atoms with E-state index < -0.39 is 10.1 Å². The van der Waals surface area contributed by atoms with Crippen molar-refractivity contribution in [2.75, 3.05) is 121 Å². The molecule has 286 valence electrons. The number of aliphatic hydroxyl groups excluding tert-OH is 1. The molecule has 0 spiro atoms. The summed E-state index contributed by atoms with van der Waals surface area (Å²) in [7, 11) is 2.62. The molecule has 0 bridgehead atoms. The van der Waals surface area contributed by atoms with E-state index in [1.54, 1.807) is 57.7 Å². The van der Waals surface area contributed by atoms with Crippen molar-refractivity contribution in [3.63, 3.8) is 0 Å². The van der Waals surface area contributed by atoms with E-state index in [0.717, 1.165) is 5.56 Å². The molecule has 0 atom stereocenters. The van der Waals surface area contributed by atoms with Crippen molar-refractivity contribution in [3.05, 3.63) is 65.2 Å². The molecule has 0 radical (unpaired) electrons. The summed E-state index contributed by atoms with van der Waals surface area (Å²) in [6.45, 7) is 7.13. The Kier molecular flexibility index (Phi) is 29.1. The van der Waals surface area contributed by atoms with Crippen LogP contribution in [-0.4, -0.2) is 151 Å². The number of aliphatic hydroxyl groups is 1. The largest absolute Gasteiger partial charge is 0.382 e. The molecule has 50 heavy (non-hydrogen) atoms. The second-order valence-electron chi connectivity index (χ2n) is 9.74. The standard InChI is InChI=1S/C13H15NO4.C11H16O5S.C5H13NO2.C4H10O3/c1-17-8-9-18-7-6-14-12(15)10-4-2-3-5-11(10)13(14)16;1-10-3-5-11(6-4-10)17(12,13)16-9-15-8-7-14-2;1-7-4-5-8-3-2-6;1-6-2-3-7-4-5/h2-5H,6-9H2,1H3;3-6H,7-9H2,1-2H3;2-6H2,1H3;5H,2-4H2,1H3. The van der Waals surface area contributed by atoms with Gasteiger partial charge in [0.05, 0.1) is 88.6 Å². The Balaban J connectivity index is 0.000000693. The predicted molar refractivity (Wildman–Crippen MR) is 183 cm³/mol. The highest BCUT2D eigenvalue weighted by Gasteiger charge is 2.34. The Bertz CT molecular complexity index is 1200. The van der Waals surface area contributed by atoms with Crippen molar-refractivity contribution in [2.45, 2.75) is 11.8 Å². The van der Waals surface area contributed by atoms with Gasteiger partial charge in [-0.3, -0.25) is 14.5 Å². The van der Waals surface area contributed by atoms with Crippen LogP contribution in [-0.2, 0) is 52.2 Å². The van der Waals surface area contributed by atoms with Gasteiger partial charge in [-0.1, -0.05) is 29.8 Å². The van der Waals surface area contributed by atoms with Gasteiger partial charge in [0.1, 0.15) is 6.79 Å². The van der Waals surface area contributed by atoms with Crippen LogP contribution in [0.25, 0.3) is 0 Å². The monoisotopic (exact) mass is 734 g/mol. The summed E-state index contributed by atoms with van der Waals surface area (Å²) >= 11 is 0. The van der Waals surface area contributed by atoms with Crippen LogP contribution in [0.4, 0.5) is 0 Å². The molecule has 1 heterocycles. The zero-order chi connectivity index (χ0) is 37.5. The summed E-state index contributed by atoms with van der Waals surface area (Å²) in [5, 5.41) is 8.02. The van der Waals surface area contributed by atoms with Gasteiger partial charge in [-0.05, 0) is 31.2 Å². The van der Waals surface area contributed by atoms with Crippen LogP contribution in [0.3, 0.4) is 0 Å². The Morgan fingerprint density at radius 2 is 1.10 bits per heavy atom. The lowest BCUT2D eigenvalue weighted by atomic mass is 10.1. The Morgan fingerprint density at radius 1 is 0.640 bits per heavy atom. The van der Waals surface area contributed by atoms with Gasteiger partial charge in [-0.2, -0.15) is 8.42 Å². The molecule has 0 aliphatic carbocycles. The summed E-state index contributed by atoms with van der Waals surface area (Å²) in [5.41, 5.74) is 7.07. The average Bonchev–Trinajstić information content (AvgIpc) is 3.36. The topological polar surface area (TPSA) is 201 Å². The number of carbonyl (C=O) groups is 2. The first kappa shape index (κ1) is 47.1. The van der Waals surface area contributed by atoms with Crippen LogP contribution in [0.15, 0.2) is 53.4 Å². The molecule has 3 N–H and O–H groups in total. The van der Waals surface area contributed by atoms with Crippen molar-refractivity contribution in [2.24, 2.45) is 5.73 Å². The first-order valence-electron chi connectivity index (χ1n) is 15.6. The minimum atomic E-state index is -3.73. The molecule has 2 aromatic rings. The second kappa shape index (κ2) is 30.9. The average molecular weight is 735 g/mol. The number of hydrogen-bond donors (Lipinski definition) is 2. The van der Waals surface area contributed by atoms with Crippen LogP contribution in [0, 0.1) is 6.92 Å². The zero-order valence-corrected chi connectivity index (χ0v) is 30.5. The van der Waals surface area contributed by atoms with E-state index in [1.165, 1.54) is 24.1 Å². The first-order valence-corrected chi connectivity index (χ1v) is 17.0. The third kappa shape index (κ3) is 21.3. The molecule has 1 aliphatic rings. The summed E-state index contributed by atoms with van der Waals surface area (Å²) in [6, 6.07) is 13.3. The number of imide groups is 1. The zero-order valence-electron chi connectivity index (χ0n) is 29.7. The highest BCUT2D eigenvalue weighted by Crippen LogP contribution is 2.21. The summed E-state index contributed by atoms with van der Waals surface area (Å²) in [6.07, 6.45) is 0. The van der Waals surface area contributed by atoms with E-state index >= 15 is 0 Å². The lowest BCUT2D eigenvalue weighted by Crippen LogP contribution is -2.33. The molecule has 1 aliphatic heterocycles. The molecule has 2 aromatic carbocycles. The molecule has 17 heteroatoms. The number of hydrogen-bond acceptors (Lipinski definition) is 15. The van der Waals surface area contributed by atoms with E-state index in [1.807, 2.05) is 6.92 Å². The van der Waals surface area contributed by atoms with Crippen LogP contribution in [0.2, 0.25) is 0 Å². The van der Waals surface area contributed by atoms with Crippen LogP contribution < -0.4 is 5.73 Å². The Labute approximate surface area is 295 Å². The molecular formula is C33H54N2O14S. The number of fused-ring (bicyclic) bond motifs is 1. The minimum absolute atomic E-state index is 0.124. The minimum Gasteiger partial charge on any atom is -0.382 e. The van der Waals surface area contributed by atoms with Gasteiger partial charge in [-0.25, -0.2) is 4.18 Å². The van der Waals surface area contributed by atoms with Gasteiger partial charge < -0.3 is 48.7 Å². The number of ether oxygens (including phenoxy) is 8. The quantitative estimate of drug-likeness (QED) is 0.0762. The maximum atomic E-state index is 12.0.